The number of amides is 1. The summed E-state index contributed by atoms with van der Waals surface area (Å²) in [6.45, 7) is 2.53. The van der Waals surface area contributed by atoms with Crippen molar-refractivity contribution in [2.24, 2.45) is 0 Å². The van der Waals surface area contributed by atoms with Gasteiger partial charge in [0.25, 0.3) is 5.79 Å². The maximum absolute atomic E-state index is 13.4. The molecule has 0 unspecified atom stereocenters. The van der Waals surface area contributed by atoms with Crippen molar-refractivity contribution in [2.45, 2.75) is 80.8 Å². The zero-order valence-electron chi connectivity index (χ0n) is 25.5. The number of methoxy groups -OCH3 is 1. The van der Waals surface area contributed by atoms with Gasteiger partial charge in [-0.3, -0.25) is 19.2 Å². The first-order valence-corrected chi connectivity index (χ1v) is 14.7. The van der Waals surface area contributed by atoms with Gasteiger partial charge in [0.05, 0.1) is 26.2 Å². The summed E-state index contributed by atoms with van der Waals surface area (Å²) in [7, 11) is 1.04. The lowest BCUT2D eigenvalue weighted by Crippen LogP contribution is -2.69. The summed E-state index contributed by atoms with van der Waals surface area (Å²) >= 11 is 17.1. The van der Waals surface area contributed by atoms with Crippen LogP contribution in [0, 0.1) is 0 Å². The summed E-state index contributed by atoms with van der Waals surface area (Å²) in [6.07, 6.45) is -8.41. The maximum atomic E-state index is 13.4. The number of alkyl halides is 3. The zero-order valence-corrected chi connectivity index (χ0v) is 27.7. The molecule has 0 radical (unpaired) electrons. The monoisotopic (exact) mass is 713 g/mol. The number of hydrogen-bond acceptors (Lipinski definition) is 14. The molecule has 1 aromatic carbocycles. The smallest absolute Gasteiger partial charge is 0.407 e. The normalized spacial score (nSPS) is 22.3. The summed E-state index contributed by atoms with van der Waals surface area (Å²) in [5, 5.41) is 2.41. The van der Waals surface area contributed by atoms with Crippen molar-refractivity contribution >= 4 is 70.7 Å². The van der Waals surface area contributed by atoms with E-state index in [9.17, 15) is 28.8 Å². The van der Waals surface area contributed by atoms with Crippen LogP contribution in [-0.4, -0.2) is 96.3 Å². The molecule has 0 aliphatic carbocycles. The molecule has 1 saturated heterocycles. The van der Waals surface area contributed by atoms with E-state index >= 15 is 0 Å². The predicted octanol–water partition coefficient (Wildman–Crippen LogP) is 2.68. The van der Waals surface area contributed by atoms with E-state index in [2.05, 4.69) is 5.32 Å². The maximum Gasteiger partial charge on any atom is 0.407 e. The molecule has 15 nitrogen and oxygen atoms in total. The summed E-state index contributed by atoms with van der Waals surface area (Å²) < 4.78 is 41.5. The van der Waals surface area contributed by atoms with E-state index in [-0.39, 0.29) is 6.61 Å². The van der Waals surface area contributed by atoms with Gasteiger partial charge in [0.1, 0.15) is 25.4 Å². The van der Waals surface area contributed by atoms with E-state index in [1.165, 1.54) is 0 Å². The highest BCUT2D eigenvalue weighted by atomic mass is 35.6. The quantitative estimate of drug-likeness (QED) is 0.178. The Morgan fingerprint density at radius 3 is 2.09 bits per heavy atom. The molecule has 6 atom stereocenters. The van der Waals surface area contributed by atoms with Gasteiger partial charge in [-0.15, -0.1) is 0 Å². The van der Waals surface area contributed by atoms with Crippen molar-refractivity contribution < 1.29 is 66.7 Å². The lowest BCUT2D eigenvalue weighted by atomic mass is 9.88. The molecule has 0 saturated carbocycles. The van der Waals surface area contributed by atoms with Crippen LogP contribution < -0.4 is 5.32 Å². The zero-order chi connectivity index (χ0) is 34.7. The molecular formula is C28H34Cl3NO14. The van der Waals surface area contributed by atoms with Gasteiger partial charge in [0.2, 0.25) is 3.79 Å². The number of carbonyl (C=O) groups excluding carboxylic acids is 6. The van der Waals surface area contributed by atoms with Gasteiger partial charge in [-0.1, -0.05) is 65.1 Å². The predicted molar refractivity (Wildman–Crippen MR) is 157 cm³/mol. The Bertz CT molecular complexity index is 1240. The van der Waals surface area contributed by atoms with Crippen LogP contribution in [0.3, 0.4) is 0 Å². The topological polar surface area (TPSA) is 188 Å². The molecule has 1 N–H and O–H groups in total. The van der Waals surface area contributed by atoms with Crippen molar-refractivity contribution in [3.8, 4) is 0 Å². The van der Waals surface area contributed by atoms with E-state index < -0.39 is 95.6 Å². The summed E-state index contributed by atoms with van der Waals surface area (Å²) in [5.41, 5.74) is 0.592. The van der Waals surface area contributed by atoms with Gasteiger partial charge in [-0.05, 0) is 5.56 Å². The van der Waals surface area contributed by atoms with Crippen molar-refractivity contribution in [3.05, 3.63) is 35.9 Å². The fraction of sp³-hybridized carbons (Fsp3) is 0.571. The van der Waals surface area contributed by atoms with E-state index in [4.69, 9.17) is 72.7 Å². The Kier molecular flexibility index (Phi) is 14.8. The average molecular weight is 715 g/mol. The molecule has 46 heavy (non-hydrogen) atoms. The second-order valence-corrected chi connectivity index (χ2v) is 12.4. The van der Waals surface area contributed by atoms with E-state index in [1.807, 2.05) is 0 Å². The molecule has 18 heteroatoms. The number of alkyl carbamates (subject to hydrolysis) is 1. The number of nitrogens with one attached hydrogen (secondary N) is 1. The Morgan fingerprint density at radius 2 is 1.57 bits per heavy atom. The first-order valence-electron chi connectivity index (χ1n) is 13.6. The molecule has 2 rings (SSSR count). The highest BCUT2D eigenvalue weighted by molar-refractivity contribution is 6.67. The Balaban J connectivity index is 2.74. The number of hydrogen-bond donors (Lipinski definition) is 1. The van der Waals surface area contributed by atoms with Gasteiger partial charge < -0.3 is 43.2 Å². The van der Waals surface area contributed by atoms with E-state index in [0.29, 0.717) is 5.56 Å². The van der Waals surface area contributed by atoms with Crippen LogP contribution in [0.1, 0.15) is 39.7 Å². The second kappa shape index (κ2) is 17.5. The van der Waals surface area contributed by atoms with Crippen LogP contribution in [0.5, 0.6) is 0 Å². The molecule has 0 aromatic heterocycles. The first kappa shape index (κ1) is 38.8. The Labute approximate surface area is 279 Å². The fourth-order valence-electron chi connectivity index (χ4n) is 4.41. The largest absolute Gasteiger partial charge is 0.465 e. The van der Waals surface area contributed by atoms with Crippen LogP contribution in [0.25, 0.3) is 0 Å². The summed E-state index contributed by atoms with van der Waals surface area (Å²) in [4.78, 5) is 74.8. The molecule has 0 spiro atoms. The van der Waals surface area contributed by atoms with Gasteiger partial charge >= 0.3 is 35.9 Å². The summed E-state index contributed by atoms with van der Waals surface area (Å²) in [6, 6.07) is 7.03. The Hall–Kier alpha value is -3.37. The fourth-order valence-corrected chi connectivity index (χ4v) is 4.58. The van der Waals surface area contributed by atoms with Crippen LogP contribution in [0.15, 0.2) is 30.3 Å². The molecule has 256 valence electrons. The summed E-state index contributed by atoms with van der Waals surface area (Å²) in [5.74, 6) is -6.98. The standard InChI is InChI=1S/C28H34Cl3NO14/c1-15(33)40-13-21(44-17(3)35)23(45-18(4)36)24-22(32-26(38)41-14-28(29,30)31)20(43-16(2)34)11-27(46-24,25(37)39-5)42-12-19-9-7-6-8-10-19/h6-10,20-24H,11-14H2,1-5H3,(H,32,38)/t20-,21+,22+,23+,24+,27+/m0/s1. The van der Waals surface area contributed by atoms with Gasteiger partial charge in [0, 0.05) is 27.7 Å². The van der Waals surface area contributed by atoms with Crippen molar-refractivity contribution in [3.63, 3.8) is 0 Å². The molecule has 1 heterocycles. The van der Waals surface area contributed by atoms with Crippen molar-refractivity contribution in [1.82, 2.24) is 5.32 Å². The molecule has 1 aliphatic rings. The van der Waals surface area contributed by atoms with E-state index in [1.54, 1.807) is 30.3 Å². The van der Waals surface area contributed by atoms with Crippen molar-refractivity contribution in [1.29, 1.82) is 0 Å². The highest BCUT2D eigenvalue weighted by Gasteiger charge is 2.59. The number of carbonyl (C=O) groups is 6. The van der Waals surface area contributed by atoms with E-state index in [0.717, 1.165) is 34.8 Å². The molecule has 1 fully saturated rings. The van der Waals surface area contributed by atoms with Gasteiger partial charge in [0.15, 0.2) is 12.2 Å². The van der Waals surface area contributed by atoms with Crippen molar-refractivity contribution in [2.75, 3.05) is 20.3 Å². The van der Waals surface area contributed by atoms with Gasteiger partial charge in [-0.2, -0.15) is 0 Å². The number of esters is 5. The van der Waals surface area contributed by atoms with Crippen LogP contribution >= 0.6 is 34.8 Å². The number of ether oxygens (including phenoxy) is 8. The number of halogens is 3. The van der Waals surface area contributed by atoms with Gasteiger partial charge in [-0.25, -0.2) is 9.59 Å². The average Bonchev–Trinajstić information content (AvgIpc) is 2.96. The minimum absolute atomic E-state index is 0.238. The van der Waals surface area contributed by atoms with Crippen LogP contribution in [0.2, 0.25) is 0 Å². The lowest BCUT2D eigenvalue weighted by Gasteiger charge is -2.48. The van der Waals surface area contributed by atoms with Crippen LogP contribution in [0.4, 0.5) is 4.79 Å². The molecule has 1 aliphatic heterocycles. The second-order valence-electron chi connectivity index (χ2n) is 9.84. The SMILES string of the molecule is COC(=O)[C@@]1(OCc2ccccc2)C[C@H](OC(C)=O)[C@@H](NC(=O)OCC(Cl)(Cl)Cl)[C@H]([C@H](OC(C)=O)[C@@H](COC(C)=O)OC(C)=O)O1. The third kappa shape index (κ3) is 12.4. The minimum Gasteiger partial charge on any atom is -0.465 e. The lowest BCUT2D eigenvalue weighted by molar-refractivity contribution is -0.317. The molecule has 0 bridgehead atoms. The first-order chi connectivity index (χ1) is 21.5. The number of rotatable bonds is 13. The highest BCUT2D eigenvalue weighted by Crippen LogP contribution is 2.38. The molecule has 1 aromatic rings. The Morgan fingerprint density at radius 1 is 0.935 bits per heavy atom. The third-order valence-electron chi connectivity index (χ3n) is 6.09. The molecule has 1 amide bonds. The minimum atomic E-state index is -2.38. The molecular weight excluding hydrogens is 681 g/mol. The number of benzene rings is 1. The van der Waals surface area contributed by atoms with Crippen LogP contribution in [-0.2, 0) is 68.5 Å². The third-order valence-corrected chi connectivity index (χ3v) is 6.42.